The average molecular weight is 159 g/mol. The molecule has 11 heavy (non-hydrogen) atoms. The van der Waals surface area contributed by atoms with Crippen LogP contribution in [0.4, 0.5) is 0 Å². The number of hydrogen-bond donors (Lipinski definition) is 1. The van der Waals surface area contributed by atoms with Crippen molar-refractivity contribution in [1.29, 1.82) is 0 Å². The molecule has 1 atom stereocenters. The molecule has 0 aromatic heterocycles. The summed E-state index contributed by atoms with van der Waals surface area (Å²) in [5, 5.41) is 3.37. The van der Waals surface area contributed by atoms with Gasteiger partial charge in [0.25, 0.3) is 0 Å². The fourth-order valence-corrected chi connectivity index (χ4v) is 0.815. The molecule has 0 fully saturated rings. The highest BCUT2D eigenvalue weighted by Crippen LogP contribution is 1.94. The Morgan fingerprint density at radius 3 is 2.36 bits per heavy atom. The van der Waals surface area contributed by atoms with Gasteiger partial charge in [-0.05, 0) is 12.8 Å². The average Bonchev–Trinajstić information content (AvgIpc) is 1.97. The smallest absolute Gasteiger partial charge is 0.0503 e. The van der Waals surface area contributed by atoms with E-state index in [0.717, 1.165) is 19.8 Å². The Morgan fingerprint density at radius 1 is 1.27 bits per heavy atom. The van der Waals surface area contributed by atoms with Crippen LogP contribution in [0.5, 0.6) is 0 Å². The van der Waals surface area contributed by atoms with Gasteiger partial charge in [0.15, 0.2) is 0 Å². The number of rotatable bonds is 6. The second-order valence-electron chi connectivity index (χ2n) is 3.33. The van der Waals surface area contributed by atoms with Crippen molar-refractivity contribution in [1.82, 2.24) is 5.32 Å². The van der Waals surface area contributed by atoms with Crippen LogP contribution in [0.1, 0.15) is 27.7 Å². The van der Waals surface area contributed by atoms with E-state index in [1.807, 2.05) is 6.92 Å². The predicted octanol–water partition coefficient (Wildman–Crippen LogP) is 1.66. The van der Waals surface area contributed by atoms with Crippen LogP contribution in [0.15, 0.2) is 0 Å². The van der Waals surface area contributed by atoms with E-state index in [1.54, 1.807) is 0 Å². The molecule has 2 heteroatoms. The normalized spacial score (nSPS) is 13.9. The molecule has 1 N–H and O–H groups in total. The lowest BCUT2D eigenvalue weighted by molar-refractivity contribution is 0.115. The van der Waals surface area contributed by atoms with Gasteiger partial charge in [0.1, 0.15) is 0 Å². The quantitative estimate of drug-likeness (QED) is 0.636. The van der Waals surface area contributed by atoms with Gasteiger partial charge in [-0.1, -0.05) is 20.8 Å². The van der Waals surface area contributed by atoms with Gasteiger partial charge >= 0.3 is 0 Å². The summed E-state index contributed by atoms with van der Waals surface area (Å²) in [5.41, 5.74) is 0. The first-order valence-corrected chi connectivity index (χ1v) is 4.48. The minimum atomic E-state index is 0.582. The highest BCUT2D eigenvalue weighted by Gasteiger charge is 2.01. The van der Waals surface area contributed by atoms with Gasteiger partial charge in [-0.15, -0.1) is 0 Å². The second kappa shape index (κ2) is 6.62. The molecule has 0 spiro atoms. The van der Waals surface area contributed by atoms with Gasteiger partial charge in [0, 0.05) is 19.2 Å². The Labute approximate surface area is 70.3 Å². The lowest BCUT2D eigenvalue weighted by Crippen LogP contribution is -2.29. The summed E-state index contributed by atoms with van der Waals surface area (Å²) in [6.45, 7) is 11.3. The molecule has 0 aliphatic heterocycles. The van der Waals surface area contributed by atoms with E-state index in [1.165, 1.54) is 0 Å². The van der Waals surface area contributed by atoms with Crippen molar-refractivity contribution in [2.75, 3.05) is 19.8 Å². The Bertz CT molecular complexity index is 83.6. The third-order valence-electron chi connectivity index (χ3n) is 1.48. The SMILES string of the molecule is CCOCC(C)CNC(C)C. The lowest BCUT2D eigenvalue weighted by Gasteiger charge is -2.14. The first kappa shape index (κ1) is 10.9. The van der Waals surface area contributed by atoms with Gasteiger partial charge in [-0.2, -0.15) is 0 Å². The summed E-state index contributed by atoms with van der Waals surface area (Å²) >= 11 is 0. The van der Waals surface area contributed by atoms with Crippen LogP contribution < -0.4 is 5.32 Å². The first-order valence-electron chi connectivity index (χ1n) is 4.48. The minimum absolute atomic E-state index is 0.582. The minimum Gasteiger partial charge on any atom is -0.381 e. The fourth-order valence-electron chi connectivity index (χ4n) is 0.815. The maximum Gasteiger partial charge on any atom is 0.0503 e. The van der Waals surface area contributed by atoms with Gasteiger partial charge in [0.05, 0.1) is 6.61 Å². The molecule has 0 amide bonds. The molecule has 0 aromatic carbocycles. The van der Waals surface area contributed by atoms with Crippen molar-refractivity contribution in [3.63, 3.8) is 0 Å². The maximum atomic E-state index is 5.29. The zero-order valence-corrected chi connectivity index (χ0v) is 8.18. The van der Waals surface area contributed by atoms with E-state index >= 15 is 0 Å². The standard InChI is InChI=1S/C9H21NO/c1-5-11-7-9(4)6-10-8(2)3/h8-10H,5-7H2,1-4H3. The van der Waals surface area contributed by atoms with Crippen LogP contribution >= 0.6 is 0 Å². The van der Waals surface area contributed by atoms with Crippen LogP contribution in [0.25, 0.3) is 0 Å². The zero-order chi connectivity index (χ0) is 8.69. The molecule has 0 bridgehead atoms. The third-order valence-corrected chi connectivity index (χ3v) is 1.48. The number of hydrogen-bond acceptors (Lipinski definition) is 2. The van der Waals surface area contributed by atoms with Crippen molar-refractivity contribution < 1.29 is 4.74 Å². The largest absolute Gasteiger partial charge is 0.381 e. The lowest BCUT2D eigenvalue weighted by atomic mass is 10.2. The summed E-state index contributed by atoms with van der Waals surface area (Å²) < 4.78 is 5.29. The third kappa shape index (κ3) is 7.82. The second-order valence-corrected chi connectivity index (χ2v) is 3.33. The van der Waals surface area contributed by atoms with Gasteiger partial charge in [0.2, 0.25) is 0 Å². The van der Waals surface area contributed by atoms with E-state index in [4.69, 9.17) is 4.74 Å². The van der Waals surface area contributed by atoms with Crippen LogP contribution in [0.2, 0.25) is 0 Å². The van der Waals surface area contributed by atoms with Crippen LogP contribution in [0.3, 0.4) is 0 Å². The summed E-state index contributed by atoms with van der Waals surface area (Å²) in [5.74, 6) is 0.623. The van der Waals surface area contributed by atoms with Crippen LogP contribution in [-0.2, 0) is 4.74 Å². The molecule has 0 aliphatic carbocycles. The molecule has 0 aromatic rings. The van der Waals surface area contributed by atoms with Gasteiger partial charge < -0.3 is 10.1 Å². The van der Waals surface area contributed by atoms with Crippen molar-refractivity contribution in [3.05, 3.63) is 0 Å². The Kier molecular flexibility index (Phi) is 6.57. The zero-order valence-electron chi connectivity index (χ0n) is 8.18. The molecular formula is C9H21NO. The summed E-state index contributed by atoms with van der Waals surface area (Å²) in [4.78, 5) is 0. The molecule has 0 rings (SSSR count). The number of ether oxygens (including phenoxy) is 1. The molecule has 0 heterocycles. The molecule has 1 unspecified atom stereocenters. The van der Waals surface area contributed by atoms with Crippen molar-refractivity contribution in [3.8, 4) is 0 Å². The highest BCUT2D eigenvalue weighted by molar-refractivity contribution is 4.58. The van der Waals surface area contributed by atoms with Crippen molar-refractivity contribution in [2.45, 2.75) is 33.7 Å². The van der Waals surface area contributed by atoms with Gasteiger partial charge in [-0.25, -0.2) is 0 Å². The van der Waals surface area contributed by atoms with Crippen LogP contribution in [-0.4, -0.2) is 25.8 Å². The summed E-state index contributed by atoms with van der Waals surface area (Å²) in [6.07, 6.45) is 0. The summed E-state index contributed by atoms with van der Waals surface area (Å²) in [6, 6.07) is 0.582. The molecule has 0 saturated heterocycles. The van der Waals surface area contributed by atoms with Crippen molar-refractivity contribution >= 4 is 0 Å². The number of nitrogens with one attached hydrogen (secondary N) is 1. The Hall–Kier alpha value is -0.0800. The highest BCUT2D eigenvalue weighted by atomic mass is 16.5. The monoisotopic (exact) mass is 159 g/mol. The molecule has 0 saturated carbocycles. The van der Waals surface area contributed by atoms with E-state index in [-0.39, 0.29) is 0 Å². The van der Waals surface area contributed by atoms with E-state index in [2.05, 4.69) is 26.1 Å². The molecular weight excluding hydrogens is 138 g/mol. The first-order chi connectivity index (χ1) is 5.16. The van der Waals surface area contributed by atoms with Gasteiger partial charge in [-0.3, -0.25) is 0 Å². The molecule has 0 radical (unpaired) electrons. The Morgan fingerprint density at radius 2 is 1.91 bits per heavy atom. The summed E-state index contributed by atoms with van der Waals surface area (Å²) in [7, 11) is 0. The van der Waals surface area contributed by atoms with E-state index in [0.29, 0.717) is 12.0 Å². The van der Waals surface area contributed by atoms with Crippen LogP contribution in [0, 0.1) is 5.92 Å². The predicted molar refractivity (Wildman–Crippen MR) is 48.8 cm³/mol. The van der Waals surface area contributed by atoms with E-state index in [9.17, 15) is 0 Å². The fraction of sp³-hybridized carbons (Fsp3) is 1.00. The molecule has 0 aliphatic rings. The van der Waals surface area contributed by atoms with Crippen molar-refractivity contribution in [2.24, 2.45) is 5.92 Å². The Balaban J connectivity index is 3.15. The van der Waals surface area contributed by atoms with E-state index < -0.39 is 0 Å². The topological polar surface area (TPSA) is 21.3 Å². The molecule has 2 nitrogen and oxygen atoms in total. The molecule has 68 valence electrons. The maximum absolute atomic E-state index is 5.29.